The minimum Gasteiger partial charge on any atom is -0.481 e. The van der Waals surface area contributed by atoms with Gasteiger partial charge in [-0.3, -0.25) is 9.48 Å². The van der Waals surface area contributed by atoms with E-state index in [1.807, 2.05) is 13.8 Å². The van der Waals surface area contributed by atoms with Gasteiger partial charge < -0.3 is 5.11 Å². The highest BCUT2D eigenvalue weighted by molar-refractivity contribution is 6.31. The van der Waals surface area contributed by atoms with E-state index in [-0.39, 0.29) is 5.92 Å². The number of halogens is 1. The van der Waals surface area contributed by atoms with Crippen LogP contribution in [0, 0.1) is 12.8 Å². The molecule has 0 saturated heterocycles. The predicted molar refractivity (Wildman–Crippen MR) is 62.7 cm³/mol. The summed E-state index contributed by atoms with van der Waals surface area (Å²) in [6.07, 6.45) is 1.96. The van der Waals surface area contributed by atoms with Crippen molar-refractivity contribution in [1.29, 1.82) is 0 Å². The van der Waals surface area contributed by atoms with Crippen LogP contribution in [0.1, 0.15) is 31.2 Å². The second-order valence-electron chi connectivity index (χ2n) is 4.00. The summed E-state index contributed by atoms with van der Waals surface area (Å²) in [6.45, 7) is 3.80. The molecule has 0 aromatic carbocycles. The number of aryl methyl sites for hydroxylation is 2. The van der Waals surface area contributed by atoms with Gasteiger partial charge in [-0.05, 0) is 13.3 Å². The molecule has 0 bridgehead atoms. The van der Waals surface area contributed by atoms with E-state index in [1.165, 1.54) is 0 Å². The van der Waals surface area contributed by atoms with Crippen LogP contribution in [0.5, 0.6) is 0 Å². The minimum absolute atomic E-state index is 0.378. The van der Waals surface area contributed by atoms with Crippen molar-refractivity contribution in [2.75, 3.05) is 0 Å². The fraction of sp³-hybridized carbons (Fsp3) is 0.636. The van der Waals surface area contributed by atoms with E-state index in [9.17, 15) is 4.79 Å². The van der Waals surface area contributed by atoms with Gasteiger partial charge in [0.25, 0.3) is 0 Å². The monoisotopic (exact) mass is 244 g/mol. The molecule has 90 valence electrons. The molecule has 1 unspecified atom stereocenters. The molecule has 0 aliphatic carbocycles. The van der Waals surface area contributed by atoms with Gasteiger partial charge in [0.1, 0.15) is 0 Å². The lowest BCUT2D eigenvalue weighted by atomic mass is 9.98. The van der Waals surface area contributed by atoms with E-state index in [4.69, 9.17) is 16.7 Å². The maximum atomic E-state index is 11.1. The van der Waals surface area contributed by atoms with Crippen molar-refractivity contribution in [3.05, 3.63) is 16.4 Å². The second kappa shape index (κ2) is 5.34. The maximum absolute atomic E-state index is 11.1. The van der Waals surface area contributed by atoms with Crippen molar-refractivity contribution >= 4 is 17.6 Å². The van der Waals surface area contributed by atoms with Crippen molar-refractivity contribution in [2.45, 2.75) is 33.1 Å². The Balaban J connectivity index is 2.88. The molecule has 0 aliphatic heterocycles. The molecule has 5 heteroatoms. The Bertz CT molecular complexity index is 388. The SMILES string of the molecule is CCCC(Cc1c(Cl)c(C)nn1C)C(=O)O. The third kappa shape index (κ3) is 2.76. The first-order valence-corrected chi connectivity index (χ1v) is 5.75. The number of carboxylic acid groups (broad SMARTS) is 1. The lowest BCUT2D eigenvalue weighted by Gasteiger charge is -2.11. The summed E-state index contributed by atoms with van der Waals surface area (Å²) in [5.74, 6) is -1.14. The van der Waals surface area contributed by atoms with Gasteiger partial charge in [0.15, 0.2) is 0 Å². The Hall–Kier alpha value is -1.03. The summed E-state index contributed by atoms with van der Waals surface area (Å²) < 4.78 is 1.67. The normalized spacial score (nSPS) is 12.8. The first-order chi connectivity index (χ1) is 7.47. The van der Waals surface area contributed by atoms with Crippen molar-refractivity contribution < 1.29 is 9.90 Å². The Labute approximate surface area is 100 Å². The lowest BCUT2D eigenvalue weighted by molar-refractivity contribution is -0.142. The van der Waals surface area contributed by atoms with Crippen LogP contribution in [0.3, 0.4) is 0 Å². The van der Waals surface area contributed by atoms with E-state index in [0.717, 1.165) is 17.8 Å². The van der Waals surface area contributed by atoms with Crippen LogP contribution >= 0.6 is 11.6 Å². The van der Waals surface area contributed by atoms with Gasteiger partial charge in [-0.15, -0.1) is 0 Å². The fourth-order valence-corrected chi connectivity index (χ4v) is 2.03. The summed E-state index contributed by atoms with van der Waals surface area (Å²) in [5.41, 5.74) is 1.56. The molecule has 0 saturated carbocycles. The highest BCUT2D eigenvalue weighted by Crippen LogP contribution is 2.24. The zero-order chi connectivity index (χ0) is 12.3. The van der Waals surface area contributed by atoms with Crippen molar-refractivity contribution in [2.24, 2.45) is 13.0 Å². The van der Waals surface area contributed by atoms with Gasteiger partial charge in [-0.1, -0.05) is 24.9 Å². The number of hydrogen-bond acceptors (Lipinski definition) is 2. The Morgan fingerprint density at radius 3 is 2.62 bits per heavy atom. The first kappa shape index (κ1) is 13.0. The highest BCUT2D eigenvalue weighted by atomic mass is 35.5. The van der Waals surface area contributed by atoms with Crippen LogP contribution < -0.4 is 0 Å². The van der Waals surface area contributed by atoms with Gasteiger partial charge in [-0.25, -0.2) is 0 Å². The number of hydrogen-bond donors (Lipinski definition) is 1. The van der Waals surface area contributed by atoms with Crippen LogP contribution in [-0.2, 0) is 18.3 Å². The molecular formula is C11H17ClN2O2. The van der Waals surface area contributed by atoms with Crippen molar-refractivity contribution in [3.8, 4) is 0 Å². The van der Waals surface area contributed by atoms with E-state index >= 15 is 0 Å². The number of rotatable bonds is 5. The summed E-state index contributed by atoms with van der Waals surface area (Å²) in [5, 5.41) is 13.8. The zero-order valence-corrected chi connectivity index (χ0v) is 10.6. The van der Waals surface area contributed by atoms with E-state index in [1.54, 1.807) is 11.7 Å². The average molecular weight is 245 g/mol. The van der Waals surface area contributed by atoms with Crippen LogP contribution in [0.15, 0.2) is 0 Å². The van der Waals surface area contributed by atoms with Crippen LogP contribution in [0.25, 0.3) is 0 Å². The van der Waals surface area contributed by atoms with E-state index in [2.05, 4.69) is 5.10 Å². The van der Waals surface area contributed by atoms with Gasteiger partial charge in [0.2, 0.25) is 0 Å². The minimum atomic E-state index is -0.767. The molecule has 0 aliphatic rings. The third-order valence-corrected chi connectivity index (χ3v) is 3.18. The van der Waals surface area contributed by atoms with Gasteiger partial charge in [-0.2, -0.15) is 5.10 Å². The molecule has 16 heavy (non-hydrogen) atoms. The van der Waals surface area contributed by atoms with Gasteiger partial charge in [0.05, 0.1) is 22.3 Å². The molecule has 1 atom stereocenters. The molecule has 0 amide bonds. The number of aliphatic carboxylic acids is 1. The predicted octanol–water partition coefficient (Wildman–Crippen LogP) is 2.43. The first-order valence-electron chi connectivity index (χ1n) is 5.38. The number of aromatic nitrogens is 2. The fourth-order valence-electron chi connectivity index (χ4n) is 1.80. The Kier molecular flexibility index (Phi) is 4.35. The third-order valence-electron chi connectivity index (χ3n) is 2.69. The van der Waals surface area contributed by atoms with Crippen LogP contribution in [0.4, 0.5) is 0 Å². The number of carboxylic acids is 1. The molecule has 0 radical (unpaired) electrons. The molecular weight excluding hydrogens is 228 g/mol. The highest BCUT2D eigenvalue weighted by Gasteiger charge is 2.21. The number of nitrogens with zero attached hydrogens (tertiary/aromatic N) is 2. The summed E-state index contributed by atoms with van der Waals surface area (Å²) in [7, 11) is 1.79. The molecule has 4 nitrogen and oxygen atoms in total. The zero-order valence-electron chi connectivity index (χ0n) is 9.83. The summed E-state index contributed by atoms with van der Waals surface area (Å²) in [4.78, 5) is 11.1. The summed E-state index contributed by atoms with van der Waals surface area (Å²) in [6, 6.07) is 0. The topological polar surface area (TPSA) is 55.1 Å². The van der Waals surface area contributed by atoms with E-state index in [0.29, 0.717) is 17.9 Å². The second-order valence-corrected chi connectivity index (χ2v) is 4.38. The lowest BCUT2D eigenvalue weighted by Crippen LogP contribution is -2.18. The summed E-state index contributed by atoms with van der Waals surface area (Å²) >= 11 is 6.09. The Morgan fingerprint density at radius 1 is 1.62 bits per heavy atom. The molecule has 1 rings (SSSR count). The standard InChI is InChI=1S/C11H17ClN2O2/c1-4-5-8(11(15)16)6-9-10(12)7(2)13-14(9)3/h8H,4-6H2,1-3H3,(H,15,16). The number of carbonyl (C=O) groups is 1. The molecule has 1 aromatic rings. The van der Waals surface area contributed by atoms with E-state index < -0.39 is 5.97 Å². The van der Waals surface area contributed by atoms with Gasteiger partial charge in [0, 0.05) is 13.5 Å². The van der Waals surface area contributed by atoms with Gasteiger partial charge >= 0.3 is 5.97 Å². The smallest absolute Gasteiger partial charge is 0.306 e. The van der Waals surface area contributed by atoms with Crippen molar-refractivity contribution in [3.63, 3.8) is 0 Å². The largest absolute Gasteiger partial charge is 0.481 e. The average Bonchev–Trinajstić information content (AvgIpc) is 2.43. The molecule has 0 fully saturated rings. The molecule has 1 N–H and O–H groups in total. The van der Waals surface area contributed by atoms with Crippen LogP contribution in [0.2, 0.25) is 5.02 Å². The molecule has 1 aromatic heterocycles. The molecule has 1 heterocycles. The Morgan fingerprint density at radius 2 is 2.25 bits per heavy atom. The van der Waals surface area contributed by atoms with Crippen LogP contribution in [-0.4, -0.2) is 20.9 Å². The van der Waals surface area contributed by atoms with Crippen molar-refractivity contribution in [1.82, 2.24) is 9.78 Å². The maximum Gasteiger partial charge on any atom is 0.306 e. The molecule has 0 spiro atoms. The quantitative estimate of drug-likeness (QED) is 0.866.